The first-order valence-electron chi connectivity index (χ1n) is 9.49. The average molecular weight is 371 g/mol. The van der Waals surface area contributed by atoms with Crippen molar-refractivity contribution in [2.75, 3.05) is 32.4 Å². The Hall–Kier alpha value is -2.40. The first-order valence-corrected chi connectivity index (χ1v) is 9.49. The zero-order valence-electron chi connectivity index (χ0n) is 16.4. The first-order chi connectivity index (χ1) is 13.1. The van der Waals surface area contributed by atoms with Crippen molar-refractivity contribution in [2.45, 2.75) is 38.7 Å². The quantitative estimate of drug-likeness (QED) is 0.350. The summed E-state index contributed by atoms with van der Waals surface area (Å²) in [4.78, 5) is 0. The third kappa shape index (κ3) is 6.07. The topological polar surface area (TPSA) is 52.2 Å². The van der Waals surface area contributed by atoms with E-state index in [1.807, 2.05) is 56.4 Å². The van der Waals surface area contributed by atoms with Crippen LogP contribution in [-0.4, -0.2) is 32.7 Å². The van der Waals surface area contributed by atoms with E-state index in [0.29, 0.717) is 0 Å². The molecule has 0 spiro atoms. The Balaban J connectivity index is 1.38. The predicted octanol–water partition coefficient (Wildman–Crippen LogP) is 4.79. The van der Waals surface area contributed by atoms with Gasteiger partial charge in [0.05, 0.1) is 18.8 Å². The van der Waals surface area contributed by atoms with Crippen LogP contribution >= 0.6 is 0 Å². The lowest BCUT2D eigenvalue weighted by atomic mass is 10.1. The lowest BCUT2D eigenvalue weighted by Crippen LogP contribution is -2.07. The second-order valence-electron chi connectivity index (χ2n) is 7.15. The van der Waals surface area contributed by atoms with E-state index in [0.717, 1.165) is 61.0 Å². The van der Waals surface area contributed by atoms with Crippen molar-refractivity contribution in [1.29, 1.82) is 0 Å². The van der Waals surface area contributed by atoms with Crippen LogP contribution in [0.5, 0.6) is 17.2 Å². The molecular weight excluding hydrogens is 342 g/mol. The highest BCUT2D eigenvalue weighted by Gasteiger charge is 2.37. The maximum absolute atomic E-state index is 5.84. The summed E-state index contributed by atoms with van der Waals surface area (Å²) in [6.45, 7) is 5.97. The molecule has 0 aliphatic carbocycles. The zero-order valence-corrected chi connectivity index (χ0v) is 16.4. The number of unbranched alkanes of at least 4 members (excludes halogenated alkanes) is 1. The molecule has 0 aromatic heterocycles. The molecule has 2 aromatic rings. The molecule has 27 heavy (non-hydrogen) atoms. The summed E-state index contributed by atoms with van der Waals surface area (Å²) in [5, 5.41) is 3.08. The van der Waals surface area contributed by atoms with Gasteiger partial charge in [-0.05, 0) is 81.1 Å². The van der Waals surface area contributed by atoms with Crippen molar-refractivity contribution in [3.8, 4) is 17.2 Å². The van der Waals surface area contributed by atoms with Gasteiger partial charge in [0, 0.05) is 12.7 Å². The van der Waals surface area contributed by atoms with E-state index in [1.165, 1.54) is 0 Å². The highest BCUT2D eigenvalue weighted by molar-refractivity contribution is 5.45. The van der Waals surface area contributed by atoms with E-state index in [-0.39, 0.29) is 12.4 Å². The summed E-state index contributed by atoms with van der Waals surface area (Å²) in [5.74, 6) is 2.45. The SMILES string of the molecule is CNc1ccc(OCOc2ccc(OCCCCC3(C)CO3)cc2C)cc1. The maximum Gasteiger partial charge on any atom is 0.230 e. The van der Waals surface area contributed by atoms with Crippen LogP contribution in [0.25, 0.3) is 0 Å². The molecule has 5 nitrogen and oxygen atoms in total. The standard InChI is InChI=1S/C22H29NO4/c1-17-14-20(24-13-5-4-12-22(2)15-27-22)10-11-21(17)26-16-25-19-8-6-18(23-3)7-9-19/h6-11,14,23H,4-5,12-13,15-16H2,1-3H3. The fourth-order valence-corrected chi connectivity index (χ4v) is 2.81. The number of ether oxygens (including phenoxy) is 4. The Labute approximate surface area is 161 Å². The smallest absolute Gasteiger partial charge is 0.230 e. The number of hydrogen-bond donors (Lipinski definition) is 1. The van der Waals surface area contributed by atoms with Crippen molar-refractivity contribution in [2.24, 2.45) is 0 Å². The van der Waals surface area contributed by atoms with Crippen molar-refractivity contribution in [3.05, 3.63) is 48.0 Å². The zero-order chi connectivity index (χ0) is 19.1. The Morgan fingerprint density at radius 1 is 1.00 bits per heavy atom. The summed E-state index contributed by atoms with van der Waals surface area (Å²) in [6, 6.07) is 13.6. The van der Waals surface area contributed by atoms with Gasteiger partial charge in [-0.1, -0.05) is 0 Å². The van der Waals surface area contributed by atoms with Gasteiger partial charge < -0.3 is 24.3 Å². The van der Waals surface area contributed by atoms with Crippen LogP contribution < -0.4 is 19.5 Å². The number of benzene rings is 2. The van der Waals surface area contributed by atoms with Gasteiger partial charge in [0.15, 0.2) is 0 Å². The molecule has 1 fully saturated rings. The maximum atomic E-state index is 5.84. The van der Waals surface area contributed by atoms with E-state index in [1.54, 1.807) is 0 Å². The summed E-state index contributed by atoms with van der Waals surface area (Å²) >= 11 is 0. The lowest BCUT2D eigenvalue weighted by molar-refractivity contribution is 0.119. The average Bonchev–Trinajstić information content (AvgIpc) is 3.41. The molecule has 1 aliphatic heterocycles. The monoisotopic (exact) mass is 371 g/mol. The molecule has 1 heterocycles. The second kappa shape index (κ2) is 9.00. The Morgan fingerprint density at radius 2 is 1.74 bits per heavy atom. The van der Waals surface area contributed by atoms with E-state index in [4.69, 9.17) is 18.9 Å². The van der Waals surface area contributed by atoms with E-state index < -0.39 is 0 Å². The summed E-state index contributed by atoms with van der Waals surface area (Å²) < 4.78 is 22.6. The number of aryl methyl sites for hydroxylation is 1. The van der Waals surface area contributed by atoms with Crippen LogP contribution in [0.1, 0.15) is 31.7 Å². The molecule has 0 bridgehead atoms. The molecule has 0 amide bonds. The number of nitrogens with one attached hydrogen (secondary N) is 1. The van der Waals surface area contributed by atoms with E-state index in [9.17, 15) is 0 Å². The van der Waals surface area contributed by atoms with Crippen molar-refractivity contribution < 1.29 is 18.9 Å². The minimum absolute atomic E-state index is 0.145. The number of epoxide rings is 1. The van der Waals surface area contributed by atoms with Gasteiger partial charge in [-0.3, -0.25) is 0 Å². The van der Waals surface area contributed by atoms with Crippen molar-refractivity contribution in [3.63, 3.8) is 0 Å². The fraction of sp³-hybridized carbons (Fsp3) is 0.455. The highest BCUT2D eigenvalue weighted by atomic mass is 16.7. The normalized spacial score (nSPS) is 18.0. The van der Waals surface area contributed by atoms with Gasteiger partial charge in [0.2, 0.25) is 6.79 Å². The summed E-state index contributed by atoms with van der Waals surface area (Å²) in [7, 11) is 1.89. The number of hydrogen-bond acceptors (Lipinski definition) is 5. The third-order valence-corrected chi connectivity index (χ3v) is 4.74. The molecule has 0 radical (unpaired) electrons. The number of rotatable bonds is 11. The molecule has 1 atom stereocenters. The predicted molar refractivity (Wildman–Crippen MR) is 107 cm³/mol. The molecule has 1 unspecified atom stereocenters. The molecule has 3 rings (SSSR count). The van der Waals surface area contributed by atoms with Gasteiger partial charge in [-0.15, -0.1) is 0 Å². The second-order valence-corrected chi connectivity index (χ2v) is 7.15. The molecule has 5 heteroatoms. The summed E-state index contributed by atoms with van der Waals surface area (Å²) in [5.41, 5.74) is 2.22. The third-order valence-electron chi connectivity index (χ3n) is 4.74. The first kappa shape index (κ1) is 19.4. The molecule has 1 N–H and O–H groups in total. The van der Waals surface area contributed by atoms with E-state index in [2.05, 4.69) is 12.2 Å². The van der Waals surface area contributed by atoms with Crippen LogP contribution in [0.15, 0.2) is 42.5 Å². The van der Waals surface area contributed by atoms with Gasteiger partial charge in [-0.2, -0.15) is 0 Å². The van der Waals surface area contributed by atoms with Crippen LogP contribution in [-0.2, 0) is 4.74 Å². The van der Waals surface area contributed by atoms with Crippen LogP contribution in [0, 0.1) is 6.92 Å². The minimum Gasteiger partial charge on any atom is -0.494 e. The van der Waals surface area contributed by atoms with Gasteiger partial charge in [-0.25, -0.2) is 0 Å². The minimum atomic E-state index is 0.145. The molecule has 146 valence electrons. The largest absolute Gasteiger partial charge is 0.494 e. The molecule has 0 saturated carbocycles. The lowest BCUT2D eigenvalue weighted by Gasteiger charge is -2.13. The van der Waals surface area contributed by atoms with Gasteiger partial charge >= 0.3 is 0 Å². The van der Waals surface area contributed by atoms with Crippen molar-refractivity contribution in [1.82, 2.24) is 0 Å². The number of anilines is 1. The Bertz CT molecular complexity index is 726. The molecular formula is C22H29NO4. The van der Waals surface area contributed by atoms with Crippen LogP contribution in [0.4, 0.5) is 5.69 Å². The van der Waals surface area contributed by atoms with Crippen LogP contribution in [0.2, 0.25) is 0 Å². The fourth-order valence-electron chi connectivity index (χ4n) is 2.81. The van der Waals surface area contributed by atoms with Crippen molar-refractivity contribution >= 4 is 5.69 Å². The van der Waals surface area contributed by atoms with Crippen LogP contribution in [0.3, 0.4) is 0 Å². The molecule has 1 aliphatic rings. The van der Waals surface area contributed by atoms with E-state index >= 15 is 0 Å². The molecule has 2 aromatic carbocycles. The molecule has 1 saturated heterocycles. The highest BCUT2D eigenvalue weighted by Crippen LogP contribution is 2.31. The Kier molecular flexibility index (Phi) is 6.45. The summed E-state index contributed by atoms with van der Waals surface area (Å²) in [6.07, 6.45) is 3.28. The van der Waals surface area contributed by atoms with Gasteiger partial charge in [0.25, 0.3) is 0 Å². The Morgan fingerprint density at radius 3 is 2.41 bits per heavy atom. The van der Waals surface area contributed by atoms with Gasteiger partial charge in [0.1, 0.15) is 17.2 Å².